The SMILES string of the molecule is C[C@@H](NC(=O)Cn1cnnn1)[C@H]1C(=O)N2C(C(=O)O)=C(S[C@@H]3CNC(C(=O)N(C)C)C3)[C@H](C)[C@H]12. The van der Waals surface area contributed by atoms with Crippen molar-refractivity contribution in [1.82, 2.24) is 40.6 Å². The maximum atomic E-state index is 13.0. The van der Waals surface area contributed by atoms with E-state index in [-0.39, 0.29) is 53.2 Å². The number of amides is 3. The Bertz CT molecular complexity index is 1030. The van der Waals surface area contributed by atoms with Gasteiger partial charge in [-0.25, -0.2) is 9.48 Å². The highest BCUT2D eigenvalue weighted by molar-refractivity contribution is 8.03. The van der Waals surface area contributed by atoms with Crippen LogP contribution in [0.2, 0.25) is 0 Å². The molecule has 3 aliphatic heterocycles. The van der Waals surface area contributed by atoms with E-state index in [4.69, 9.17) is 0 Å². The number of carbonyl (C=O) groups excluding carboxylic acids is 3. The van der Waals surface area contributed by atoms with Gasteiger partial charge in [0.2, 0.25) is 17.7 Å². The lowest BCUT2D eigenvalue weighted by molar-refractivity contribution is -0.158. The number of aliphatic carboxylic acids is 1. The standard InChI is InChI=1S/C20H28N8O5S/c1-9-15-14(10(2)23-13(29)7-27-8-22-24-25-27)19(31)28(15)16(20(32)33)17(9)34-11-5-12(21-6-11)18(30)26(3)4/h8-12,14-15,21H,5-7H2,1-4H3,(H,23,29)(H,32,33)/t9-,10-,11+,12?,14-,15-/m1/s1. The summed E-state index contributed by atoms with van der Waals surface area (Å²) in [5, 5.41) is 26.6. The number of carbonyl (C=O) groups is 4. The van der Waals surface area contributed by atoms with E-state index in [0.29, 0.717) is 17.9 Å². The molecule has 0 bridgehead atoms. The van der Waals surface area contributed by atoms with E-state index in [9.17, 15) is 24.3 Å². The number of nitrogens with zero attached hydrogens (tertiary/aromatic N) is 6. The zero-order valence-electron chi connectivity index (χ0n) is 19.3. The maximum Gasteiger partial charge on any atom is 0.353 e. The summed E-state index contributed by atoms with van der Waals surface area (Å²) in [4.78, 5) is 53.3. The number of fused-ring (bicyclic) bond motifs is 1. The number of aromatic nitrogens is 4. The van der Waals surface area contributed by atoms with Crippen LogP contribution in [0.4, 0.5) is 0 Å². The Balaban J connectivity index is 1.44. The van der Waals surface area contributed by atoms with Gasteiger partial charge >= 0.3 is 5.97 Å². The van der Waals surface area contributed by atoms with Crippen LogP contribution in [0.1, 0.15) is 20.3 Å². The molecule has 1 aromatic rings. The third-order valence-electron chi connectivity index (χ3n) is 6.54. The average molecular weight is 493 g/mol. The van der Waals surface area contributed by atoms with E-state index >= 15 is 0 Å². The van der Waals surface area contributed by atoms with Gasteiger partial charge in [-0.05, 0) is 23.8 Å². The molecule has 0 saturated carbocycles. The van der Waals surface area contributed by atoms with Gasteiger partial charge in [-0.15, -0.1) is 16.9 Å². The van der Waals surface area contributed by atoms with E-state index in [1.54, 1.807) is 21.0 Å². The number of nitrogens with one attached hydrogen (secondary N) is 2. The van der Waals surface area contributed by atoms with Crippen molar-refractivity contribution in [3.05, 3.63) is 16.9 Å². The smallest absolute Gasteiger partial charge is 0.353 e. The van der Waals surface area contributed by atoms with Gasteiger partial charge in [0.15, 0.2) is 0 Å². The summed E-state index contributed by atoms with van der Waals surface area (Å²) in [6.07, 6.45) is 1.90. The highest BCUT2D eigenvalue weighted by atomic mass is 32.2. The van der Waals surface area contributed by atoms with Gasteiger partial charge in [0.05, 0.1) is 18.0 Å². The molecule has 3 amide bonds. The summed E-state index contributed by atoms with van der Waals surface area (Å²) < 4.78 is 1.28. The van der Waals surface area contributed by atoms with Crippen LogP contribution in [0.25, 0.3) is 0 Å². The minimum Gasteiger partial charge on any atom is -0.477 e. The fourth-order valence-corrected chi connectivity index (χ4v) is 6.44. The van der Waals surface area contributed by atoms with Crippen LogP contribution in [0, 0.1) is 11.8 Å². The third-order valence-corrected chi connectivity index (χ3v) is 8.05. The quantitative estimate of drug-likeness (QED) is 0.364. The Morgan fingerprint density at radius 1 is 1.38 bits per heavy atom. The van der Waals surface area contributed by atoms with Crippen LogP contribution in [-0.2, 0) is 25.7 Å². The lowest BCUT2D eigenvalue weighted by Crippen LogP contribution is -2.66. The largest absolute Gasteiger partial charge is 0.477 e. The Morgan fingerprint density at radius 3 is 2.74 bits per heavy atom. The number of β-lactam (4-membered cyclic amide) rings is 1. The van der Waals surface area contributed by atoms with E-state index < -0.39 is 17.9 Å². The highest BCUT2D eigenvalue weighted by Gasteiger charge is 2.60. The molecule has 0 aromatic carbocycles. The molecule has 34 heavy (non-hydrogen) atoms. The molecule has 0 spiro atoms. The molecule has 4 heterocycles. The van der Waals surface area contributed by atoms with Gasteiger partial charge in [-0.2, -0.15) is 0 Å². The molecular weight excluding hydrogens is 464 g/mol. The Kier molecular flexibility index (Phi) is 6.62. The van der Waals surface area contributed by atoms with E-state index in [1.165, 1.54) is 32.6 Å². The molecule has 4 rings (SSSR count). The van der Waals surface area contributed by atoms with Crippen LogP contribution >= 0.6 is 11.8 Å². The third kappa shape index (κ3) is 4.27. The van der Waals surface area contributed by atoms with Gasteiger partial charge in [-0.3, -0.25) is 14.4 Å². The van der Waals surface area contributed by atoms with Gasteiger partial charge in [0.25, 0.3) is 0 Å². The molecule has 2 fully saturated rings. The molecule has 3 aliphatic rings. The van der Waals surface area contributed by atoms with Crippen molar-refractivity contribution in [2.45, 2.75) is 50.2 Å². The summed E-state index contributed by atoms with van der Waals surface area (Å²) in [7, 11) is 3.40. The zero-order valence-corrected chi connectivity index (χ0v) is 20.2. The topological polar surface area (TPSA) is 163 Å². The van der Waals surface area contributed by atoms with Crippen molar-refractivity contribution < 1.29 is 24.3 Å². The van der Waals surface area contributed by atoms with Crippen molar-refractivity contribution in [1.29, 1.82) is 0 Å². The fraction of sp³-hybridized carbons (Fsp3) is 0.650. The summed E-state index contributed by atoms with van der Waals surface area (Å²) in [5.74, 6) is -2.56. The molecule has 1 aromatic heterocycles. The van der Waals surface area contributed by atoms with Crippen LogP contribution in [0.15, 0.2) is 16.9 Å². The molecule has 14 heteroatoms. The second-order valence-corrected chi connectivity index (χ2v) is 10.4. The van der Waals surface area contributed by atoms with Crippen molar-refractivity contribution >= 4 is 35.5 Å². The molecule has 184 valence electrons. The first-order valence-corrected chi connectivity index (χ1v) is 11.9. The second kappa shape index (κ2) is 9.33. The van der Waals surface area contributed by atoms with E-state index in [0.717, 1.165) is 0 Å². The number of rotatable bonds is 8. The number of likely N-dealkylation sites (N-methyl/N-ethyl adjacent to an activating group) is 1. The van der Waals surface area contributed by atoms with Gasteiger partial charge < -0.3 is 25.5 Å². The second-order valence-electron chi connectivity index (χ2n) is 9.06. The Hall–Kier alpha value is -3.00. The minimum atomic E-state index is -1.15. The molecule has 6 atom stereocenters. The van der Waals surface area contributed by atoms with Gasteiger partial charge in [0, 0.05) is 42.8 Å². The zero-order chi connectivity index (χ0) is 24.7. The fourth-order valence-electron chi connectivity index (χ4n) is 4.96. The monoisotopic (exact) mass is 492 g/mol. The number of carboxylic acids is 1. The van der Waals surface area contributed by atoms with Crippen molar-refractivity contribution in [3.8, 4) is 0 Å². The summed E-state index contributed by atoms with van der Waals surface area (Å²) in [5.41, 5.74) is 0.0124. The van der Waals surface area contributed by atoms with E-state index in [1.807, 2.05) is 6.92 Å². The maximum absolute atomic E-state index is 13.0. The first kappa shape index (κ1) is 24.1. The molecule has 2 saturated heterocycles. The number of tetrazole rings is 1. The number of thioether (sulfide) groups is 1. The van der Waals surface area contributed by atoms with Crippen LogP contribution in [0.3, 0.4) is 0 Å². The molecular formula is C20H28N8O5S. The summed E-state index contributed by atoms with van der Waals surface area (Å²) >= 11 is 1.43. The summed E-state index contributed by atoms with van der Waals surface area (Å²) in [6, 6.07) is -1.15. The predicted molar refractivity (Wildman–Crippen MR) is 120 cm³/mol. The molecule has 0 aliphatic carbocycles. The van der Waals surface area contributed by atoms with Crippen LogP contribution in [0.5, 0.6) is 0 Å². The summed E-state index contributed by atoms with van der Waals surface area (Å²) in [6.45, 7) is 4.15. The minimum absolute atomic E-state index is 0.0124. The van der Waals surface area contributed by atoms with Crippen molar-refractivity contribution in [2.24, 2.45) is 11.8 Å². The lowest BCUT2D eigenvalue weighted by atomic mass is 9.78. The van der Waals surface area contributed by atoms with Crippen LogP contribution < -0.4 is 10.6 Å². The predicted octanol–water partition coefficient (Wildman–Crippen LogP) is -1.50. The Labute approximate surface area is 200 Å². The van der Waals surface area contributed by atoms with E-state index in [2.05, 4.69) is 26.2 Å². The number of hydrogen-bond donors (Lipinski definition) is 3. The normalized spacial score (nSPS) is 29.0. The van der Waals surface area contributed by atoms with Crippen LogP contribution in [-0.4, -0.2) is 103 Å². The van der Waals surface area contributed by atoms with Gasteiger partial charge in [0.1, 0.15) is 18.6 Å². The van der Waals surface area contributed by atoms with Crippen molar-refractivity contribution in [2.75, 3.05) is 20.6 Å². The molecule has 3 N–H and O–H groups in total. The first-order chi connectivity index (χ1) is 16.1. The molecule has 0 radical (unpaired) electrons. The molecule has 13 nitrogen and oxygen atoms in total. The van der Waals surface area contributed by atoms with Gasteiger partial charge in [-0.1, -0.05) is 6.92 Å². The Morgan fingerprint density at radius 2 is 2.12 bits per heavy atom. The number of hydrogen-bond acceptors (Lipinski definition) is 9. The molecule has 1 unspecified atom stereocenters. The highest BCUT2D eigenvalue weighted by Crippen LogP contribution is 2.51. The lowest BCUT2D eigenvalue weighted by Gasteiger charge is -2.47. The number of carboxylic acid groups (broad SMARTS) is 1. The first-order valence-electron chi connectivity index (χ1n) is 11.0. The average Bonchev–Trinajstić information content (AvgIpc) is 3.48. The van der Waals surface area contributed by atoms with Crippen molar-refractivity contribution in [3.63, 3.8) is 0 Å².